The van der Waals surface area contributed by atoms with Crippen molar-refractivity contribution in [2.75, 3.05) is 18.4 Å². The van der Waals surface area contributed by atoms with E-state index in [0.717, 1.165) is 22.0 Å². The summed E-state index contributed by atoms with van der Waals surface area (Å²) < 4.78 is 0.905. The van der Waals surface area contributed by atoms with E-state index >= 15 is 0 Å². The summed E-state index contributed by atoms with van der Waals surface area (Å²) >= 11 is 3.37. The zero-order valence-corrected chi connectivity index (χ0v) is 19.2. The van der Waals surface area contributed by atoms with Crippen LogP contribution in [0.1, 0.15) is 38.3 Å². The van der Waals surface area contributed by atoms with Crippen molar-refractivity contribution in [3.05, 3.63) is 99.5 Å². The van der Waals surface area contributed by atoms with Crippen LogP contribution in [0.25, 0.3) is 5.57 Å². The predicted octanol–water partition coefficient (Wildman–Crippen LogP) is 5.64. The molecule has 32 heavy (non-hydrogen) atoms. The lowest BCUT2D eigenvalue weighted by Crippen LogP contribution is -2.34. The van der Waals surface area contributed by atoms with Gasteiger partial charge in [0.25, 0.3) is 11.8 Å². The number of carbonyl (C=O) groups excluding carboxylic acids is 2. The molecule has 0 atom stereocenters. The molecule has 3 aromatic carbocycles. The normalized spacial score (nSPS) is 13.4. The van der Waals surface area contributed by atoms with Crippen molar-refractivity contribution in [1.29, 1.82) is 0 Å². The fraction of sp³-hybridized carbons (Fsp3) is 0.154. The maximum absolute atomic E-state index is 13.1. The highest BCUT2D eigenvalue weighted by molar-refractivity contribution is 9.10. The molecule has 6 heteroatoms. The fourth-order valence-electron chi connectivity index (χ4n) is 3.66. The van der Waals surface area contributed by atoms with E-state index in [2.05, 4.69) is 27.3 Å². The minimum absolute atomic E-state index is 0.0647. The van der Waals surface area contributed by atoms with Gasteiger partial charge in [0.1, 0.15) is 5.75 Å². The number of anilines is 1. The summed E-state index contributed by atoms with van der Waals surface area (Å²) in [7, 11) is 0. The van der Waals surface area contributed by atoms with E-state index in [9.17, 15) is 14.7 Å². The summed E-state index contributed by atoms with van der Waals surface area (Å²) in [5, 5.41) is 12.4. The van der Waals surface area contributed by atoms with Crippen molar-refractivity contribution < 1.29 is 14.7 Å². The van der Waals surface area contributed by atoms with Crippen molar-refractivity contribution in [2.45, 2.75) is 13.3 Å². The molecule has 0 aliphatic carbocycles. The molecule has 0 bridgehead atoms. The molecule has 0 radical (unpaired) electrons. The van der Waals surface area contributed by atoms with Crippen LogP contribution in [-0.2, 0) is 0 Å². The number of benzene rings is 3. The molecule has 0 unspecified atom stereocenters. The van der Waals surface area contributed by atoms with Crippen LogP contribution >= 0.6 is 15.9 Å². The standard InChI is InChI=1S/C26H23BrN2O3/c1-17-2-3-21(16-24(17)28-25(31)20-4-8-22(27)9-5-20)26(32)29-14-12-19(13-15-29)18-6-10-23(30)11-7-18/h2-12,16,30H,13-15H2,1H3,(H,28,31). The Hall–Kier alpha value is -3.38. The average Bonchev–Trinajstić information content (AvgIpc) is 2.81. The third-order valence-corrected chi connectivity index (χ3v) is 6.10. The molecular weight excluding hydrogens is 468 g/mol. The minimum Gasteiger partial charge on any atom is -0.508 e. The number of carbonyl (C=O) groups is 2. The molecule has 1 aliphatic heterocycles. The van der Waals surface area contributed by atoms with Gasteiger partial charge in [-0.2, -0.15) is 0 Å². The monoisotopic (exact) mass is 490 g/mol. The second kappa shape index (κ2) is 9.40. The van der Waals surface area contributed by atoms with Crippen molar-refractivity contribution >= 4 is 39.0 Å². The van der Waals surface area contributed by atoms with Crippen LogP contribution < -0.4 is 5.32 Å². The first-order valence-electron chi connectivity index (χ1n) is 10.4. The van der Waals surface area contributed by atoms with E-state index in [4.69, 9.17) is 0 Å². The summed E-state index contributed by atoms with van der Waals surface area (Å²) in [5.41, 5.74) is 4.83. The van der Waals surface area contributed by atoms with Crippen molar-refractivity contribution in [2.24, 2.45) is 0 Å². The number of hydrogen-bond donors (Lipinski definition) is 2. The zero-order chi connectivity index (χ0) is 22.7. The van der Waals surface area contributed by atoms with Gasteiger partial charge in [-0.05, 0) is 78.6 Å². The van der Waals surface area contributed by atoms with Gasteiger partial charge in [0.2, 0.25) is 0 Å². The Morgan fingerprint density at radius 3 is 2.31 bits per heavy atom. The van der Waals surface area contributed by atoms with Gasteiger partial charge in [-0.1, -0.05) is 40.2 Å². The molecule has 0 spiro atoms. The lowest BCUT2D eigenvalue weighted by molar-refractivity contribution is 0.0772. The van der Waals surface area contributed by atoms with E-state index in [-0.39, 0.29) is 17.6 Å². The highest BCUT2D eigenvalue weighted by atomic mass is 79.9. The van der Waals surface area contributed by atoms with Crippen LogP contribution in [0.5, 0.6) is 5.75 Å². The maximum atomic E-state index is 13.1. The molecule has 3 aromatic rings. The van der Waals surface area contributed by atoms with Crippen LogP contribution in [-0.4, -0.2) is 34.9 Å². The van der Waals surface area contributed by atoms with E-state index in [1.807, 2.05) is 37.3 Å². The quantitative estimate of drug-likeness (QED) is 0.496. The second-order valence-electron chi connectivity index (χ2n) is 7.77. The highest BCUT2D eigenvalue weighted by Crippen LogP contribution is 2.26. The molecule has 0 aromatic heterocycles. The molecule has 162 valence electrons. The number of nitrogens with one attached hydrogen (secondary N) is 1. The Bertz CT molecular complexity index is 1180. The summed E-state index contributed by atoms with van der Waals surface area (Å²) in [4.78, 5) is 27.5. The Morgan fingerprint density at radius 1 is 0.969 bits per heavy atom. The lowest BCUT2D eigenvalue weighted by Gasteiger charge is -2.27. The summed E-state index contributed by atoms with van der Waals surface area (Å²) in [6.07, 6.45) is 2.80. The largest absolute Gasteiger partial charge is 0.508 e. The predicted molar refractivity (Wildman–Crippen MR) is 130 cm³/mol. The van der Waals surface area contributed by atoms with Gasteiger partial charge in [-0.15, -0.1) is 0 Å². The van der Waals surface area contributed by atoms with Crippen LogP contribution in [0.15, 0.2) is 77.3 Å². The third-order valence-electron chi connectivity index (χ3n) is 5.57. The summed E-state index contributed by atoms with van der Waals surface area (Å²) in [6.45, 7) is 3.03. The van der Waals surface area contributed by atoms with Crippen molar-refractivity contribution in [1.82, 2.24) is 4.90 Å². The van der Waals surface area contributed by atoms with Crippen LogP contribution in [0.4, 0.5) is 5.69 Å². The minimum atomic E-state index is -0.218. The second-order valence-corrected chi connectivity index (χ2v) is 8.68. The van der Waals surface area contributed by atoms with Crippen molar-refractivity contribution in [3.63, 3.8) is 0 Å². The Morgan fingerprint density at radius 2 is 1.66 bits per heavy atom. The lowest BCUT2D eigenvalue weighted by atomic mass is 9.99. The number of nitrogens with zero attached hydrogens (tertiary/aromatic N) is 1. The number of phenols is 1. The van der Waals surface area contributed by atoms with Crippen LogP contribution in [0.2, 0.25) is 0 Å². The molecule has 1 aliphatic rings. The van der Waals surface area contributed by atoms with Gasteiger partial charge in [-0.3, -0.25) is 9.59 Å². The zero-order valence-electron chi connectivity index (χ0n) is 17.6. The molecule has 5 nitrogen and oxygen atoms in total. The Kier molecular flexibility index (Phi) is 6.42. The van der Waals surface area contributed by atoms with Crippen LogP contribution in [0, 0.1) is 6.92 Å². The van der Waals surface area contributed by atoms with Gasteiger partial charge in [0, 0.05) is 34.4 Å². The van der Waals surface area contributed by atoms with Crippen molar-refractivity contribution in [3.8, 4) is 5.75 Å². The van der Waals surface area contributed by atoms with Gasteiger partial charge in [-0.25, -0.2) is 0 Å². The maximum Gasteiger partial charge on any atom is 0.255 e. The topological polar surface area (TPSA) is 69.6 Å². The number of halogens is 1. The van der Waals surface area contributed by atoms with Gasteiger partial charge in [0.05, 0.1) is 0 Å². The molecule has 4 rings (SSSR count). The van der Waals surface area contributed by atoms with E-state index in [1.165, 1.54) is 5.57 Å². The molecule has 0 saturated heterocycles. The van der Waals surface area contributed by atoms with Gasteiger partial charge >= 0.3 is 0 Å². The van der Waals surface area contributed by atoms with E-state index in [0.29, 0.717) is 29.9 Å². The number of aromatic hydroxyl groups is 1. The number of hydrogen-bond acceptors (Lipinski definition) is 3. The SMILES string of the molecule is Cc1ccc(C(=O)N2CC=C(c3ccc(O)cc3)CC2)cc1NC(=O)c1ccc(Br)cc1. The summed E-state index contributed by atoms with van der Waals surface area (Å²) in [6, 6.07) is 19.6. The Labute approximate surface area is 195 Å². The molecule has 1 heterocycles. The molecule has 0 fully saturated rings. The third kappa shape index (κ3) is 4.92. The number of aryl methyl sites for hydroxylation is 1. The van der Waals surface area contributed by atoms with E-state index in [1.54, 1.807) is 41.3 Å². The first kappa shape index (κ1) is 21.8. The molecule has 0 saturated carbocycles. The first-order chi connectivity index (χ1) is 15.4. The molecular formula is C26H23BrN2O3. The van der Waals surface area contributed by atoms with E-state index < -0.39 is 0 Å². The van der Waals surface area contributed by atoms with Gasteiger partial charge < -0.3 is 15.3 Å². The summed E-state index contributed by atoms with van der Waals surface area (Å²) in [5.74, 6) is -0.0424. The highest BCUT2D eigenvalue weighted by Gasteiger charge is 2.20. The molecule has 2 N–H and O–H groups in total. The first-order valence-corrected chi connectivity index (χ1v) is 11.2. The molecule has 2 amide bonds. The number of amides is 2. The Balaban J connectivity index is 1.47. The average molecular weight is 491 g/mol. The number of phenolic OH excluding ortho intramolecular Hbond substituents is 1. The van der Waals surface area contributed by atoms with Crippen LogP contribution in [0.3, 0.4) is 0 Å². The smallest absolute Gasteiger partial charge is 0.255 e. The number of rotatable bonds is 4. The fourth-order valence-corrected chi connectivity index (χ4v) is 3.92. The van der Waals surface area contributed by atoms with Gasteiger partial charge in [0.15, 0.2) is 0 Å².